The van der Waals surface area contributed by atoms with Crippen LogP contribution in [-0.4, -0.2) is 59.4 Å². The molecule has 0 spiro atoms. The van der Waals surface area contributed by atoms with E-state index in [1.54, 1.807) is 0 Å². The number of amides is 1. The van der Waals surface area contributed by atoms with E-state index in [9.17, 15) is 4.79 Å². The Labute approximate surface area is 251 Å². The number of nitrogens with zero attached hydrogens (tertiary/aromatic N) is 3. The van der Waals surface area contributed by atoms with Crippen LogP contribution in [-0.2, 0) is 17.9 Å². The average molecular weight is 560 g/mol. The molecule has 2 saturated heterocycles. The summed E-state index contributed by atoms with van der Waals surface area (Å²) in [5, 5.41) is 0. The van der Waals surface area contributed by atoms with Crippen molar-refractivity contribution < 1.29 is 4.79 Å². The molecule has 4 heteroatoms. The zero-order valence-corrected chi connectivity index (χ0v) is 25.9. The summed E-state index contributed by atoms with van der Waals surface area (Å²) in [6.45, 7) is 7.26. The van der Waals surface area contributed by atoms with Crippen LogP contribution in [0.5, 0.6) is 0 Å². The molecule has 1 unspecified atom stereocenters. The topological polar surface area (TPSA) is 26.8 Å². The Morgan fingerprint density at radius 2 is 1.17 bits per heavy atom. The van der Waals surface area contributed by atoms with Gasteiger partial charge in [0.05, 0.1) is 0 Å². The molecule has 2 aliphatic heterocycles. The number of rotatable bonds is 9. The van der Waals surface area contributed by atoms with Gasteiger partial charge in [0.1, 0.15) is 0 Å². The van der Waals surface area contributed by atoms with Gasteiger partial charge < -0.3 is 9.80 Å². The normalized spacial score (nSPS) is 21.0. The third-order valence-electron chi connectivity index (χ3n) is 9.30. The summed E-state index contributed by atoms with van der Waals surface area (Å²) in [6.07, 6.45) is 20.1. The second kappa shape index (κ2) is 19.1. The molecule has 2 fully saturated rings. The van der Waals surface area contributed by atoms with Crippen molar-refractivity contribution in [1.82, 2.24) is 14.7 Å². The van der Waals surface area contributed by atoms with Crippen molar-refractivity contribution in [2.24, 2.45) is 0 Å². The molecule has 41 heavy (non-hydrogen) atoms. The molecular weight excluding hydrogens is 502 g/mol. The van der Waals surface area contributed by atoms with Gasteiger partial charge in [-0.25, -0.2) is 0 Å². The molecule has 0 bridgehead atoms. The van der Waals surface area contributed by atoms with Gasteiger partial charge >= 0.3 is 0 Å². The van der Waals surface area contributed by atoms with Gasteiger partial charge in [0, 0.05) is 45.2 Å². The molecule has 0 aromatic heterocycles. The minimum atomic E-state index is 0.398. The molecule has 2 aromatic carbocycles. The van der Waals surface area contributed by atoms with Crippen molar-refractivity contribution in [3.63, 3.8) is 0 Å². The molecule has 2 aromatic rings. The summed E-state index contributed by atoms with van der Waals surface area (Å²) in [6, 6.07) is 22.5. The van der Waals surface area contributed by atoms with Crippen molar-refractivity contribution in [1.29, 1.82) is 0 Å². The smallest absolute Gasteiger partial charge is 0.222 e. The first-order valence-corrected chi connectivity index (χ1v) is 17.1. The largest absolute Gasteiger partial charge is 0.343 e. The van der Waals surface area contributed by atoms with Crippen LogP contribution >= 0.6 is 0 Å². The monoisotopic (exact) mass is 559 g/mol. The highest BCUT2D eigenvalue weighted by Gasteiger charge is 2.22. The first kappa shape index (κ1) is 31.8. The van der Waals surface area contributed by atoms with Crippen molar-refractivity contribution >= 4 is 5.91 Å². The summed E-state index contributed by atoms with van der Waals surface area (Å²) in [5.41, 5.74) is 2.73. The number of carbonyl (C=O) groups is 1. The van der Waals surface area contributed by atoms with Crippen molar-refractivity contribution in [3.05, 3.63) is 71.8 Å². The molecule has 1 amide bonds. The highest BCUT2D eigenvalue weighted by molar-refractivity contribution is 5.76. The van der Waals surface area contributed by atoms with Crippen LogP contribution < -0.4 is 0 Å². The second-order valence-corrected chi connectivity index (χ2v) is 12.7. The van der Waals surface area contributed by atoms with Gasteiger partial charge in [-0.3, -0.25) is 9.69 Å². The lowest BCUT2D eigenvalue weighted by atomic mass is 9.96. The molecule has 2 aliphatic rings. The quantitative estimate of drug-likeness (QED) is 0.288. The van der Waals surface area contributed by atoms with Gasteiger partial charge in [0.25, 0.3) is 0 Å². The standard InChI is InChI=1S/C37H57N3O/c41-37-26-14-6-4-2-1-3-5-13-24-36-25-15-16-28-39(36)30-19-31-40(37)29-18-17-27-38(32-34-20-9-7-10-21-34)33-35-22-11-8-12-23-35/h7-12,20-23,36H,1-6,13-19,24-33H2. The van der Waals surface area contributed by atoms with E-state index in [1.165, 1.54) is 88.3 Å². The fraction of sp³-hybridized carbons (Fsp3) is 0.649. The number of carbonyl (C=O) groups excluding carboxylic acids is 1. The van der Waals surface area contributed by atoms with E-state index in [0.29, 0.717) is 5.91 Å². The minimum absolute atomic E-state index is 0.398. The number of fused-ring (bicyclic) bond motifs is 1. The van der Waals surface area contributed by atoms with Crippen LogP contribution in [0.2, 0.25) is 0 Å². The fourth-order valence-electron chi connectivity index (χ4n) is 6.92. The van der Waals surface area contributed by atoms with Gasteiger partial charge in [0.2, 0.25) is 5.91 Å². The predicted molar refractivity (Wildman–Crippen MR) is 173 cm³/mol. The SMILES string of the molecule is O=C1CCCCCCCCCCC2CCCCN2CCCN1CCCCN(Cc1ccccc1)Cc1ccccc1. The molecule has 0 radical (unpaired) electrons. The highest BCUT2D eigenvalue weighted by atomic mass is 16.2. The molecule has 0 saturated carbocycles. The van der Waals surface area contributed by atoms with Crippen LogP contribution in [0.3, 0.4) is 0 Å². The Bertz CT molecular complexity index is 908. The Morgan fingerprint density at radius 3 is 1.83 bits per heavy atom. The number of unbranched alkanes of at least 4 members (excludes halogenated alkanes) is 1. The van der Waals surface area contributed by atoms with E-state index in [1.807, 2.05) is 0 Å². The zero-order valence-electron chi connectivity index (χ0n) is 25.9. The number of benzene rings is 2. The maximum atomic E-state index is 13.4. The first-order chi connectivity index (χ1) is 20.3. The van der Waals surface area contributed by atoms with Crippen molar-refractivity contribution in [2.75, 3.05) is 32.7 Å². The van der Waals surface area contributed by atoms with Gasteiger partial charge in [-0.05, 0) is 69.2 Å². The van der Waals surface area contributed by atoms with Gasteiger partial charge in [-0.2, -0.15) is 0 Å². The molecule has 4 rings (SSSR count). The second-order valence-electron chi connectivity index (χ2n) is 12.7. The molecule has 0 N–H and O–H groups in total. The minimum Gasteiger partial charge on any atom is -0.343 e. The molecule has 4 nitrogen and oxygen atoms in total. The van der Waals surface area contributed by atoms with E-state index in [4.69, 9.17) is 0 Å². The Kier molecular flexibility index (Phi) is 14.8. The third kappa shape index (κ3) is 12.3. The molecule has 1 atom stereocenters. The summed E-state index contributed by atoms with van der Waals surface area (Å²) in [7, 11) is 0. The molecule has 2 heterocycles. The van der Waals surface area contributed by atoms with Crippen LogP contribution in [0.1, 0.15) is 114 Å². The highest BCUT2D eigenvalue weighted by Crippen LogP contribution is 2.23. The maximum Gasteiger partial charge on any atom is 0.222 e. The van der Waals surface area contributed by atoms with Crippen molar-refractivity contribution in [2.45, 2.75) is 122 Å². The van der Waals surface area contributed by atoms with Crippen LogP contribution in [0.25, 0.3) is 0 Å². The van der Waals surface area contributed by atoms with E-state index >= 15 is 0 Å². The lowest BCUT2D eigenvalue weighted by Crippen LogP contribution is -2.41. The van der Waals surface area contributed by atoms with E-state index < -0.39 is 0 Å². The molecular formula is C37H57N3O. The molecule has 0 aliphatic carbocycles. The van der Waals surface area contributed by atoms with Crippen LogP contribution in [0.4, 0.5) is 0 Å². The third-order valence-corrected chi connectivity index (χ3v) is 9.30. The Balaban J connectivity index is 1.29. The molecule has 226 valence electrons. The summed E-state index contributed by atoms with van der Waals surface area (Å²) in [5.74, 6) is 0.398. The Hall–Kier alpha value is -2.17. The lowest BCUT2D eigenvalue weighted by Gasteiger charge is -2.36. The zero-order chi connectivity index (χ0) is 28.4. The number of hydrogen-bond acceptors (Lipinski definition) is 3. The first-order valence-electron chi connectivity index (χ1n) is 17.1. The van der Waals surface area contributed by atoms with Crippen LogP contribution in [0, 0.1) is 0 Å². The average Bonchev–Trinajstić information content (AvgIpc) is 3.00. The van der Waals surface area contributed by atoms with Crippen LogP contribution in [0.15, 0.2) is 60.7 Å². The number of piperidine rings is 1. The van der Waals surface area contributed by atoms with Crippen molar-refractivity contribution in [3.8, 4) is 0 Å². The lowest BCUT2D eigenvalue weighted by molar-refractivity contribution is -0.131. The number of hydrogen-bond donors (Lipinski definition) is 0. The summed E-state index contributed by atoms with van der Waals surface area (Å²) < 4.78 is 0. The summed E-state index contributed by atoms with van der Waals surface area (Å²) in [4.78, 5) is 20.9. The Morgan fingerprint density at radius 1 is 0.610 bits per heavy atom. The predicted octanol–water partition coefficient (Wildman–Crippen LogP) is 8.46. The summed E-state index contributed by atoms with van der Waals surface area (Å²) >= 11 is 0. The van der Waals surface area contributed by atoms with E-state index in [2.05, 4.69) is 75.4 Å². The van der Waals surface area contributed by atoms with E-state index in [-0.39, 0.29) is 0 Å². The van der Waals surface area contributed by atoms with Gasteiger partial charge in [-0.15, -0.1) is 0 Å². The fourth-order valence-corrected chi connectivity index (χ4v) is 6.92. The van der Waals surface area contributed by atoms with E-state index in [0.717, 1.165) is 77.4 Å². The maximum absolute atomic E-state index is 13.4. The van der Waals surface area contributed by atoms with Gasteiger partial charge in [-0.1, -0.05) is 112 Å². The van der Waals surface area contributed by atoms with Gasteiger partial charge in [0.15, 0.2) is 0 Å².